The molecule has 0 saturated carbocycles. The lowest BCUT2D eigenvalue weighted by Crippen LogP contribution is -1.97. The third kappa shape index (κ3) is 3.88. The maximum Gasteiger partial charge on any atom is 0.0794 e. The van der Waals surface area contributed by atoms with Crippen molar-refractivity contribution in [3.8, 4) is 44.8 Å². The Morgan fingerprint density at radius 3 is 1.61 bits per heavy atom. The second-order valence-electron chi connectivity index (χ2n) is 7.36. The van der Waals surface area contributed by atoms with Gasteiger partial charge in [0.05, 0.1) is 11.4 Å². The van der Waals surface area contributed by atoms with E-state index in [1.807, 2.05) is 42.5 Å². The molecule has 5 aromatic rings. The molecule has 148 valence electrons. The molecule has 1 heterocycles. The van der Waals surface area contributed by atoms with Crippen molar-refractivity contribution in [3.63, 3.8) is 0 Å². The Morgan fingerprint density at radius 2 is 1.00 bits per heavy atom. The Kier molecular flexibility index (Phi) is 5.35. The van der Waals surface area contributed by atoms with Crippen molar-refractivity contribution in [1.82, 2.24) is 4.98 Å². The highest BCUT2D eigenvalue weighted by Crippen LogP contribution is 2.42. The topological polar surface area (TPSA) is 12.9 Å². The molecule has 1 nitrogen and oxygen atoms in total. The molecule has 0 aliphatic heterocycles. The number of nitrogens with zero attached hydrogens (tertiary/aromatic N) is 1. The van der Waals surface area contributed by atoms with Crippen LogP contribution in [0.1, 0.15) is 0 Å². The molecule has 0 amide bonds. The number of aromatic nitrogens is 1. The standard InChI is InChI=1S/C29H20ClN/c30-26-19-11-10-18-24(26)27-20-25(21-12-4-1-5-13-21)28(22-14-6-2-7-15-22)29(31-27)23-16-8-3-9-17-23/h1-20H. The van der Waals surface area contributed by atoms with Gasteiger partial charge in [-0.3, -0.25) is 0 Å². The summed E-state index contributed by atoms with van der Waals surface area (Å²) in [5, 5.41) is 0.695. The fourth-order valence-electron chi connectivity index (χ4n) is 3.90. The van der Waals surface area contributed by atoms with Crippen LogP contribution in [-0.2, 0) is 0 Å². The Balaban J connectivity index is 1.89. The number of hydrogen-bond donors (Lipinski definition) is 0. The highest BCUT2D eigenvalue weighted by atomic mass is 35.5. The predicted molar refractivity (Wildman–Crippen MR) is 131 cm³/mol. The summed E-state index contributed by atoms with van der Waals surface area (Å²) in [4.78, 5) is 5.15. The second kappa shape index (κ2) is 8.59. The zero-order chi connectivity index (χ0) is 21.0. The van der Waals surface area contributed by atoms with Crippen LogP contribution in [0.2, 0.25) is 5.02 Å². The lowest BCUT2D eigenvalue weighted by atomic mass is 9.89. The van der Waals surface area contributed by atoms with Crippen molar-refractivity contribution < 1.29 is 0 Å². The van der Waals surface area contributed by atoms with E-state index in [0.717, 1.165) is 44.8 Å². The van der Waals surface area contributed by atoms with Gasteiger partial charge < -0.3 is 0 Å². The lowest BCUT2D eigenvalue weighted by molar-refractivity contribution is 1.32. The van der Waals surface area contributed by atoms with Crippen LogP contribution in [0.5, 0.6) is 0 Å². The van der Waals surface area contributed by atoms with Crippen molar-refractivity contribution >= 4 is 11.6 Å². The van der Waals surface area contributed by atoms with Crippen LogP contribution >= 0.6 is 11.6 Å². The molecule has 2 heteroatoms. The molecule has 31 heavy (non-hydrogen) atoms. The Labute approximate surface area is 187 Å². The summed E-state index contributed by atoms with van der Waals surface area (Å²) < 4.78 is 0. The molecule has 0 atom stereocenters. The zero-order valence-corrected chi connectivity index (χ0v) is 17.6. The number of rotatable bonds is 4. The van der Waals surface area contributed by atoms with Gasteiger partial charge in [-0.2, -0.15) is 0 Å². The minimum absolute atomic E-state index is 0.695. The quantitative estimate of drug-likeness (QED) is 0.286. The average Bonchev–Trinajstić information content (AvgIpc) is 2.85. The van der Waals surface area contributed by atoms with Gasteiger partial charge in [-0.15, -0.1) is 0 Å². The minimum Gasteiger partial charge on any atom is -0.247 e. The lowest BCUT2D eigenvalue weighted by Gasteiger charge is -2.18. The second-order valence-corrected chi connectivity index (χ2v) is 7.76. The van der Waals surface area contributed by atoms with Gasteiger partial charge in [0.25, 0.3) is 0 Å². The molecule has 0 N–H and O–H groups in total. The normalized spacial score (nSPS) is 10.7. The molecule has 1 aromatic heterocycles. The molecule has 0 bridgehead atoms. The molecule has 0 fully saturated rings. The first-order chi connectivity index (χ1) is 15.3. The van der Waals surface area contributed by atoms with E-state index >= 15 is 0 Å². The first-order valence-electron chi connectivity index (χ1n) is 10.3. The van der Waals surface area contributed by atoms with Gasteiger partial charge in [-0.1, -0.05) is 121 Å². The fourth-order valence-corrected chi connectivity index (χ4v) is 4.13. The van der Waals surface area contributed by atoms with Gasteiger partial charge in [0.2, 0.25) is 0 Å². The summed E-state index contributed by atoms with van der Waals surface area (Å²) in [6.45, 7) is 0. The maximum absolute atomic E-state index is 6.57. The van der Waals surface area contributed by atoms with Crippen LogP contribution in [-0.4, -0.2) is 4.98 Å². The monoisotopic (exact) mass is 417 g/mol. The van der Waals surface area contributed by atoms with Gasteiger partial charge in [0.1, 0.15) is 0 Å². The SMILES string of the molecule is Clc1ccccc1-c1cc(-c2ccccc2)c(-c2ccccc2)c(-c2ccccc2)n1. The van der Waals surface area contributed by atoms with Crippen LogP contribution in [0, 0.1) is 0 Å². The van der Waals surface area contributed by atoms with E-state index in [1.165, 1.54) is 0 Å². The van der Waals surface area contributed by atoms with Gasteiger partial charge in [0, 0.05) is 21.7 Å². The molecule has 0 spiro atoms. The van der Waals surface area contributed by atoms with E-state index in [0.29, 0.717) is 5.02 Å². The van der Waals surface area contributed by atoms with Gasteiger partial charge in [0.15, 0.2) is 0 Å². The Bertz CT molecular complexity index is 1250. The molecule has 4 aromatic carbocycles. The van der Waals surface area contributed by atoms with E-state index in [9.17, 15) is 0 Å². The fraction of sp³-hybridized carbons (Fsp3) is 0. The van der Waals surface area contributed by atoms with Crippen molar-refractivity contribution in [3.05, 3.63) is 126 Å². The summed E-state index contributed by atoms with van der Waals surface area (Å²) >= 11 is 6.57. The van der Waals surface area contributed by atoms with Crippen LogP contribution in [0.15, 0.2) is 121 Å². The Morgan fingerprint density at radius 1 is 0.484 bits per heavy atom. The molecular weight excluding hydrogens is 398 g/mol. The molecule has 0 aliphatic carbocycles. The van der Waals surface area contributed by atoms with Crippen LogP contribution in [0.4, 0.5) is 0 Å². The van der Waals surface area contributed by atoms with Gasteiger partial charge in [-0.25, -0.2) is 4.98 Å². The van der Waals surface area contributed by atoms with Crippen LogP contribution in [0.25, 0.3) is 44.8 Å². The molecule has 0 aliphatic rings. The molecule has 0 radical (unpaired) electrons. The predicted octanol–water partition coefficient (Wildman–Crippen LogP) is 8.40. The average molecular weight is 418 g/mol. The summed E-state index contributed by atoms with van der Waals surface area (Å²) in [5.74, 6) is 0. The molecule has 5 rings (SSSR count). The third-order valence-corrected chi connectivity index (χ3v) is 5.69. The molecule has 0 saturated heterocycles. The summed E-state index contributed by atoms with van der Waals surface area (Å²) in [7, 11) is 0. The van der Waals surface area contributed by atoms with Gasteiger partial charge >= 0.3 is 0 Å². The van der Waals surface area contributed by atoms with E-state index in [4.69, 9.17) is 16.6 Å². The van der Waals surface area contributed by atoms with E-state index in [1.54, 1.807) is 0 Å². The first kappa shape index (κ1) is 19.3. The largest absolute Gasteiger partial charge is 0.247 e. The number of halogens is 1. The van der Waals surface area contributed by atoms with Crippen molar-refractivity contribution in [1.29, 1.82) is 0 Å². The van der Waals surface area contributed by atoms with E-state index in [2.05, 4.69) is 78.9 Å². The summed E-state index contributed by atoms with van der Waals surface area (Å²) in [5.41, 5.74) is 8.36. The zero-order valence-electron chi connectivity index (χ0n) is 16.9. The summed E-state index contributed by atoms with van der Waals surface area (Å²) in [6, 6.07) is 41.3. The van der Waals surface area contributed by atoms with Gasteiger partial charge in [-0.05, 0) is 28.8 Å². The maximum atomic E-state index is 6.57. The van der Waals surface area contributed by atoms with Crippen molar-refractivity contribution in [2.45, 2.75) is 0 Å². The number of hydrogen-bond acceptors (Lipinski definition) is 1. The smallest absolute Gasteiger partial charge is 0.0794 e. The van der Waals surface area contributed by atoms with E-state index < -0.39 is 0 Å². The summed E-state index contributed by atoms with van der Waals surface area (Å²) in [6.07, 6.45) is 0. The highest BCUT2D eigenvalue weighted by molar-refractivity contribution is 6.33. The van der Waals surface area contributed by atoms with Crippen LogP contribution in [0.3, 0.4) is 0 Å². The minimum atomic E-state index is 0.695. The van der Waals surface area contributed by atoms with Crippen LogP contribution < -0.4 is 0 Å². The molecular formula is C29H20ClN. The molecule has 0 unspecified atom stereocenters. The third-order valence-electron chi connectivity index (χ3n) is 5.36. The van der Waals surface area contributed by atoms with Crippen molar-refractivity contribution in [2.24, 2.45) is 0 Å². The first-order valence-corrected chi connectivity index (χ1v) is 10.7. The van der Waals surface area contributed by atoms with E-state index in [-0.39, 0.29) is 0 Å². The highest BCUT2D eigenvalue weighted by Gasteiger charge is 2.18. The number of pyridine rings is 1. The number of benzene rings is 4. The van der Waals surface area contributed by atoms with Crippen molar-refractivity contribution in [2.75, 3.05) is 0 Å². The Hall–Kier alpha value is -3.68.